The van der Waals surface area contributed by atoms with Crippen LogP contribution in [0.5, 0.6) is 0 Å². The summed E-state index contributed by atoms with van der Waals surface area (Å²) in [6, 6.07) is 0. The Morgan fingerprint density at radius 3 is 0.852 bits per heavy atom. The minimum absolute atomic E-state index is 0.0626. The number of hydrogen-bond donors (Lipinski definition) is 0. The predicted octanol–water partition coefficient (Wildman–Crippen LogP) is 17.8. The second-order valence-electron chi connectivity index (χ2n) is 19.1. The summed E-state index contributed by atoms with van der Waals surface area (Å²) in [6.07, 6.45) is 52.3. The largest absolute Gasteiger partial charge is 0.462 e. The zero-order valence-electron chi connectivity index (χ0n) is 41.6. The van der Waals surface area contributed by atoms with Crippen molar-refractivity contribution in [2.24, 2.45) is 5.92 Å². The fourth-order valence-corrected chi connectivity index (χ4v) is 8.36. The molecular weight excluding hydrogens is 757 g/mol. The van der Waals surface area contributed by atoms with Gasteiger partial charge in [0.25, 0.3) is 0 Å². The Bertz CT molecular complexity index is 920. The van der Waals surface area contributed by atoms with Crippen LogP contribution in [0.25, 0.3) is 0 Å². The normalized spacial score (nSPS) is 12.4. The Hall–Kier alpha value is -1.59. The molecule has 6 heteroatoms. The van der Waals surface area contributed by atoms with Gasteiger partial charge in [0.1, 0.15) is 13.2 Å². The Balaban J connectivity index is 4.27. The fourth-order valence-electron chi connectivity index (χ4n) is 8.36. The van der Waals surface area contributed by atoms with Crippen LogP contribution in [0.4, 0.5) is 0 Å². The van der Waals surface area contributed by atoms with Crippen LogP contribution in [-0.4, -0.2) is 37.2 Å². The average molecular weight is 863 g/mol. The number of carbonyl (C=O) groups is 3. The minimum atomic E-state index is -0.761. The molecule has 0 saturated carbocycles. The highest BCUT2D eigenvalue weighted by Gasteiger charge is 2.19. The van der Waals surface area contributed by atoms with Gasteiger partial charge in [0.2, 0.25) is 0 Å². The number of esters is 3. The molecule has 0 aromatic heterocycles. The van der Waals surface area contributed by atoms with E-state index in [9.17, 15) is 14.4 Å². The Kier molecular flexibility index (Phi) is 48.1. The molecule has 6 nitrogen and oxygen atoms in total. The maximum atomic E-state index is 12.8. The summed E-state index contributed by atoms with van der Waals surface area (Å²) < 4.78 is 16.8. The lowest BCUT2D eigenvalue weighted by atomic mass is 9.99. The zero-order valence-corrected chi connectivity index (χ0v) is 41.6. The predicted molar refractivity (Wildman–Crippen MR) is 261 cm³/mol. The summed E-state index contributed by atoms with van der Waals surface area (Å²) in [6.45, 7) is 9.04. The molecule has 0 rings (SSSR count). The summed E-state index contributed by atoms with van der Waals surface area (Å²) in [7, 11) is 0. The van der Waals surface area contributed by atoms with Crippen molar-refractivity contribution in [3.8, 4) is 0 Å². The summed E-state index contributed by atoms with van der Waals surface area (Å²) in [5.41, 5.74) is 0. The molecule has 0 aliphatic carbocycles. The highest BCUT2D eigenvalue weighted by atomic mass is 16.6. The Labute approximate surface area is 380 Å². The van der Waals surface area contributed by atoms with Crippen LogP contribution in [-0.2, 0) is 28.6 Å². The maximum Gasteiger partial charge on any atom is 0.306 e. The van der Waals surface area contributed by atoms with Crippen LogP contribution >= 0.6 is 0 Å². The zero-order chi connectivity index (χ0) is 44.5. The van der Waals surface area contributed by atoms with E-state index in [0.29, 0.717) is 19.3 Å². The SMILES string of the molecule is CCCCCCCCCCCCCCCCCCCCC(=O)OC[C@H](COC(=O)CCCCCCCCCCC(C)CC)OC(=O)CCCCCCCCCCCCCCC. The first-order valence-electron chi connectivity index (χ1n) is 27.4. The molecule has 0 N–H and O–H groups in total. The van der Waals surface area contributed by atoms with Gasteiger partial charge < -0.3 is 14.2 Å². The lowest BCUT2D eigenvalue weighted by Gasteiger charge is -2.18. The van der Waals surface area contributed by atoms with Crippen LogP contribution in [0.3, 0.4) is 0 Å². The van der Waals surface area contributed by atoms with Crippen molar-refractivity contribution >= 4 is 17.9 Å². The molecule has 0 aliphatic heterocycles. The molecule has 362 valence electrons. The third-order valence-corrected chi connectivity index (χ3v) is 12.9. The lowest BCUT2D eigenvalue weighted by molar-refractivity contribution is -0.167. The third-order valence-electron chi connectivity index (χ3n) is 12.9. The van der Waals surface area contributed by atoms with Gasteiger partial charge in [-0.1, -0.05) is 272 Å². The molecule has 0 aromatic rings. The molecule has 0 saturated heterocycles. The summed E-state index contributed by atoms with van der Waals surface area (Å²) >= 11 is 0. The van der Waals surface area contributed by atoms with Gasteiger partial charge in [-0.05, 0) is 25.2 Å². The smallest absolute Gasteiger partial charge is 0.306 e. The van der Waals surface area contributed by atoms with E-state index in [1.165, 1.54) is 205 Å². The van der Waals surface area contributed by atoms with E-state index in [1.54, 1.807) is 0 Å². The Morgan fingerprint density at radius 2 is 0.574 bits per heavy atom. The maximum absolute atomic E-state index is 12.8. The van der Waals surface area contributed by atoms with Gasteiger partial charge >= 0.3 is 17.9 Å². The van der Waals surface area contributed by atoms with Gasteiger partial charge in [-0.2, -0.15) is 0 Å². The van der Waals surface area contributed by atoms with Crippen molar-refractivity contribution in [3.63, 3.8) is 0 Å². The first kappa shape index (κ1) is 59.4. The van der Waals surface area contributed by atoms with E-state index in [1.807, 2.05) is 0 Å². The van der Waals surface area contributed by atoms with Crippen molar-refractivity contribution < 1.29 is 28.6 Å². The molecule has 0 aromatic carbocycles. The lowest BCUT2D eigenvalue weighted by Crippen LogP contribution is -2.30. The highest BCUT2D eigenvalue weighted by molar-refractivity contribution is 5.71. The molecule has 0 aliphatic rings. The minimum Gasteiger partial charge on any atom is -0.462 e. The molecule has 0 heterocycles. The second-order valence-corrected chi connectivity index (χ2v) is 19.1. The van der Waals surface area contributed by atoms with Gasteiger partial charge in [0.15, 0.2) is 6.10 Å². The molecule has 0 bridgehead atoms. The number of rotatable bonds is 50. The molecule has 61 heavy (non-hydrogen) atoms. The quantitative estimate of drug-likeness (QED) is 0.0344. The standard InChI is InChI=1S/C55H106O6/c1-5-8-10-12-14-16-18-20-21-22-23-24-26-27-29-34-38-42-46-53(56)59-49-52(50-60-54(57)47-43-39-35-32-31-33-37-41-45-51(4)7-3)61-55(58)48-44-40-36-30-28-25-19-17-15-13-11-9-6-2/h51-52H,5-50H2,1-4H3/t51?,52-/m1/s1. The van der Waals surface area contributed by atoms with Crippen LogP contribution in [0.2, 0.25) is 0 Å². The van der Waals surface area contributed by atoms with Crippen molar-refractivity contribution in [1.29, 1.82) is 0 Å². The third kappa shape index (κ3) is 47.7. The molecule has 0 radical (unpaired) electrons. The number of unbranched alkanes of at least 4 members (excludes halogenated alkanes) is 36. The van der Waals surface area contributed by atoms with Crippen molar-refractivity contribution in [3.05, 3.63) is 0 Å². The van der Waals surface area contributed by atoms with Crippen LogP contribution in [0.1, 0.15) is 310 Å². The summed E-state index contributed by atoms with van der Waals surface area (Å²) in [4.78, 5) is 38.0. The molecule has 0 fully saturated rings. The van der Waals surface area contributed by atoms with Crippen LogP contribution in [0, 0.1) is 5.92 Å². The number of hydrogen-bond acceptors (Lipinski definition) is 6. The van der Waals surface area contributed by atoms with Crippen molar-refractivity contribution in [2.45, 2.75) is 316 Å². The van der Waals surface area contributed by atoms with E-state index in [4.69, 9.17) is 14.2 Å². The summed E-state index contributed by atoms with van der Waals surface area (Å²) in [5, 5.41) is 0. The Morgan fingerprint density at radius 1 is 0.328 bits per heavy atom. The molecule has 2 atom stereocenters. The van der Waals surface area contributed by atoms with E-state index >= 15 is 0 Å². The van der Waals surface area contributed by atoms with Gasteiger partial charge in [-0.25, -0.2) is 0 Å². The van der Waals surface area contributed by atoms with Crippen LogP contribution in [0.15, 0.2) is 0 Å². The average Bonchev–Trinajstić information content (AvgIpc) is 3.26. The van der Waals surface area contributed by atoms with E-state index < -0.39 is 6.10 Å². The monoisotopic (exact) mass is 863 g/mol. The first-order chi connectivity index (χ1) is 29.9. The van der Waals surface area contributed by atoms with Crippen LogP contribution < -0.4 is 0 Å². The fraction of sp³-hybridized carbons (Fsp3) is 0.945. The molecule has 0 amide bonds. The second kappa shape index (κ2) is 49.4. The molecule has 0 spiro atoms. The molecular formula is C55H106O6. The number of ether oxygens (including phenoxy) is 3. The van der Waals surface area contributed by atoms with Crippen molar-refractivity contribution in [1.82, 2.24) is 0 Å². The van der Waals surface area contributed by atoms with Crippen molar-refractivity contribution in [2.75, 3.05) is 13.2 Å². The van der Waals surface area contributed by atoms with E-state index in [0.717, 1.165) is 63.7 Å². The van der Waals surface area contributed by atoms with E-state index in [-0.39, 0.29) is 31.1 Å². The van der Waals surface area contributed by atoms with Gasteiger partial charge in [-0.15, -0.1) is 0 Å². The van der Waals surface area contributed by atoms with Gasteiger partial charge in [0.05, 0.1) is 0 Å². The topological polar surface area (TPSA) is 78.9 Å². The van der Waals surface area contributed by atoms with Gasteiger partial charge in [0, 0.05) is 19.3 Å². The summed E-state index contributed by atoms with van der Waals surface area (Å²) in [5.74, 6) is 0.00590. The molecule has 1 unspecified atom stereocenters. The van der Waals surface area contributed by atoms with Gasteiger partial charge in [-0.3, -0.25) is 14.4 Å². The van der Waals surface area contributed by atoms with E-state index in [2.05, 4.69) is 27.7 Å². The highest BCUT2D eigenvalue weighted by Crippen LogP contribution is 2.18. The number of carbonyl (C=O) groups excluding carboxylic acids is 3. The first-order valence-corrected chi connectivity index (χ1v) is 27.4.